The number of halogens is 1. The third-order valence-corrected chi connectivity index (χ3v) is 4.25. The Balaban J connectivity index is 2.27. The van der Waals surface area contributed by atoms with Gasteiger partial charge in [-0.1, -0.05) is 29.5 Å². The number of carbonyl (C=O) groups is 1. The number of nitro groups is 1. The number of aliphatic carboxylic acids is 1. The number of carboxylic acid groups (broad SMARTS) is 1. The minimum absolute atomic E-state index is 0.0758. The first-order chi connectivity index (χ1) is 9.91. The first-order valence-corrected chi connectivity index (χ1v) is 6.61. The summed E-state index contributed by atoms with van der Waals surface area (Å²) in [6, 6.07) is -0.136. The van der Waals surface area contributed by atoms with E-state index in [4.69, 9.17) is 11.6 Å². The van der Waals surface area contributed by atoms with Crippen LogP contribution in [0.4, 0.5) is 11.4 Å². The Labute approximate surface area is 124 Å². The van der Waals surface area contributed by atoms with Gasteiger partial charge >= 0.3 is 0 Å². The molecule has 0 fully saturated rings. The molecular weight excluding hydrogens is 300 g/mol. The summed E-state index contributed by atoms with van der Waals surface area (Å²) in [5.74, 6) is -2.86. The minimum Gasteiger partial charge on any atom is -0.871 e. The van der Waals surface area contributed by atoms with Crippen molar-refractivity contribution in [1.82, 2.24) is 0 Å². The summed E-state index contributed by atoms with van der Waals surface area (Å²) in [7, 11) is 0. The predicted molar refractivity (Wildman–Crippen MR) is 70.0 cm³/mol. The normalized spacial score (nSPS) is 25.9. The molecule has 110 valence electrons. The highest BCUT2D eigenvalue weighted by Gasteiger charge is 2.42. The van der Waals surface area contributed by atoms with Crippen LogP contribution >= 0.6 is 11.6 Å². The van der Waals surface area contributed by atoms with E-state index in [1.807, 2.05) is 0 Å². The van der Waals surface area contributed by atoms with Gasteiger partial charge in [0.2, 0.25) is 0 Å². The highest BCUT2D eigenvalue weighted by molar-refractivity contribution is 6.33. The zero-order chi connectivity index (χ0) is 15.3. The highest BCUT2D eigenvalue weighted by atomic mass is 35.5. The number of fused-ring (bicyclic) bond motifs is 3. The summed E-state index contributed by atoms with van der Waals surface area (Å²) >= 11 is 5.83. The van der Waals surface area contributed by atoms with Crippen LogP contribution in [0.25, 0.3) is 0 Å². The number of nitrogens with one attached hydrogen (secondary N) is 1. The van der Waals surface area contributed by atoms with E-state index in [0.29, 0.717) is 6.42 Å². The van der Waals surface area contributed by atoms with Crippen LogP contribution in [-0.4, -0.2) is 16.9 Å². The van der Waals surface area contributed by atoms with Gasteiger partial charge in [0.1, 0.15) is 5.02 Å². The number of anilines is 1. The Bertz CT molecular complexity index is 688. The molecular formula is C13H9ClN2O5-2. The summed E-state index contributed by atoms with van der Waals surface area (Å²) in [6.45, 7) is 0. The minimum atomic E-state index is -1.34. The van der Waals surface area contributed by atoms with E-state index >= 15 is 0 Å². The van der Waals surface area contributed by atoms with Gasteiger partial charge in [-0.2, -0.15) is 0 Å². The number of carbonyl (C=O) groups excluding carboxylic acids is 1. The lowest BCUT2D eigenvalue weighted by Crippen LogP contribution is -2.49. The zero-order valence-electron chi connectivity index (χ0n) is 10.5. The first kappa shape index (κ1) is 13.7. The van der Waals surface area contributed by atoms with Gasteiger partial charge in [0.25, 0.3) is 5.69 Å². The Morgan fingerprint density at radius 2 is 2.19 bits per heavy atom. The largest absolute Gasteiger partial charge is 0.871 e. The van der Waals surface area contributed by atoms with E-state index in [0.717, 1.165) is 6.07 Å². The maximum absolute atomic E-state index is 12.0. The van der Waals surface area contributed by atoms with E-state index in [-0.39, 0.29) is 22.0 Å². The second kappa shape index (κ2) is 4.63. The highest BCUT2D eigenvalue weighted by Crippen LogP contribution is 2.52. The van der Waals surface area contributed by atoms with Crippen molar-refractivity contribution in [3.63, 3.8) is 0 Å². The molecule has 1 aromatic rings. The second-order valence-corrected chi connectivity index (χ2v) is 5.45. The molecule has 3 unspecified atom stereocenters. The summed E-state index contributed by atoms with van der Waals surface area (Å²) in [4.78, 5) is 21.8. The van der Waals surface area contributed by atoms with Crippen LogP contribution in [-0.2, 0) is 4.79 Å². The van der Waals surface area contributed by atoms with Crippen LogP contribution in [0.15, 0.2) is 18.2 Å². The Hall–Kier alpha value is -2.28. The van der Waals surface area contributed by atoms with Crippen LogP contribution in [0.2, 0.25) is 5.02 Å². The number of rotatable bonds is 2. The molecule has 1 heterocycles. The van der Waals surface area contributed by atoms with Crippen molar-refractivity contribution < 1.29 is 19.9 Å². The lowest BCUT2D eigenvalue weighted by molar-refractivity contribution is -0.385. The molecule has 7 nitrogen and oxygen atoms in total. The third kappa shape index (κ3) is 1.92. The van der Waals surface area contributed by atoms with Crippen molar-refractivity contribution in [2.24, 2.45) is 5.92 Å². The van der Waals surface area contributed by atoms with Gasteiger partial charge in [0.15, 0.2) is 0 Å². The predicted octanol–water partition coefficient (Wildman–Crippen LogP) is 0.525. The van der Waals surface area contributed by atoms with Gasteiger partial charge in [-0.25, -0.2) is 0 Å². The lowest BCUT2D eigenvalue weighted by Gasteiger charge is -2.39. The average Bonchev–Trinajstić information content (AvgIpc) is 2.86. The molecule has 0 spiro atoms. The maximum Gasteiger partial charge on any atom is 0.293 e. The first-order valence-electron chi connectivity index (χ1n) is 6.23. The number of allylic oxidation sites excluding steroid dienone is 2. The molecule has 0 amide bonds. The van der Waals surface area contributed by atoms with Gasteiger partial charge in [0, 0.05) is 11.6 Å². The van der Waals surface area contributed by atoms with Crippen molar-refractivity contribution in [2.75, 3.05) is 5.32 Å². The molecule has 1 aromatic carbocycles. The van der Waals surface area contributed by atoms with Crippen LogP contribution < -0.4 is 15.5 Å². The summed E-state index contributed by atoms with van der Waals surface area (Å²) in [5.41, 5.74) is -0.265. The van der Waals surface area contributed by atoms with E-state index in [1.54, 1.807) is 12.2 Å². The third-order valence-electron chi connectivity index (χ3n) is 3.97. The number of carboxylic acids is 1. The number of nitrogens with zero attached hydrogens (tertiary/aromatic N) is 1. The molecule has 0 aromatic heterocycles. The van der Waals surface area contributed by atoms with Gasteiger partial charge < -0.3 is 20.3 Å². The fourth-order valence-corrected chi connectivity index (χ4v) is 3.39. The molecule has 1 N–H and O–H groups in total. The number of nitro benzene ring substituents is 1. The van der Waals surface area contributed by atoms with E-state index in [1.165, 1.54) is 0 Å². The quantitative estimate of drug-likeness (QED) is 0.483. The molecule has 1 aliphatic heterocycles. The molecule has 2 aliphatic rings. The van der Waals surface area contributed by atoms with E-state index in [2.05, 4.69) is 5.32 Å². The lowest BCUT2D eigenvalue weighted by atomic mass is 9.78. The summed E-state index contributed by atoms with van der Waals surface area (Å²) < 4.78 is 0. The van der Waals surface area contributed by atoms with Crippen molar-refractivity contribution in [2.45, 2.75) is 18.4 Å². The zero-order valence-corrected chi connectivity index (χ0v) is 11.3. The Kier molecular flexibility index (Phi) is 3.02. The van der Waals surface area contributed by atoms with Crippen molar-refractivity contribution in [3.05, 3.63) is 38.9 Å². The molecule has 21 heavy (non-hydrogen) atoms. The van der Waals surface area contributed by atoms with Gasteiger partial charge in [-0.05, 0) is 18.4 Å². The van der Waals surface area contributed by atoms with Crippen LogP contribution in [0.1, 0.15) is 17.9 Å². The van der Waals surface area contributed by atoms with E-state index < -0.39 is 34.5 Å². The van der Waals surface area contributed by atoms with Gasteiger partial charge in [-0.3, -0.25) is 10.1 Å². The SMILES string of the molecule is O=C([O-])C1Nc2c([O-])cc(Cl)c([N+](=O)[O-])c2C2C=CCC12. The smallest absolute Gasteiger partial charge is 0.293 e. The fraction of sp³-hybridized carbons (Fsp3) is 0.308. The van der Waals surface area contributed by atoms with Crippen LogP contribution in [0.5, 0.6) is 5.75 Å². The summed E-state index contributed by atoms with van der Waals surface area (Å²) in [5, 5.41) is 36.8. The van der Waals surface area contributed by atoms with Gasteiger partial charge in [-0.15, -0.1) is 0 Å². The molecule has 0 saturated heterocycles. The maximum atomic E-state index is 12.0. The number of hydrogen-bond acceptors (Lipinski definition) is 6. The fourth-order valence-electron chi connectivity index (χ4n) is 3.12. The standard InChI is InChI=1S/C13H11ClN2O5/c14-7-4-8(17)11-9(12(7)16(20)21)5-2-1-3-6(5)10(15-11)13(18)19/h1-2,4-6,10,15,17H,3H2,(H,18,19)/p-2. The van der Waals surface area contributed by atoms with Crippen molar-refractivity contribution >= 4 is 28.9 Å². The average molecular weight is 309 g/mol. The molecule has 0 radical (unpaired) electrons. The number of hydrogen-bond donors (Lipinski definition) is 1. The van der Waals surface area contributed by atoms with Crippen molar-refractivity contribution in [1.29, 1.82) is 0 Å². The van der Waals surface area contributed by atoms with Gasteiger partial charge in [0.05, 0.1) is 22.5 Å². The molecule has 8 heteroatoms. The molecule has 0 bridgehead atoms. The van der Waals surface area contributed by atoms with Crippen LogP contribution in [0, 0.1) is 16.0 Å². The molecule has 0 saturated carbocycles. The van der Waals surface area contributed by atoms with Crippen LogP contribution in [0.3, 0.4) is 0 Å². The monoisotopic (exact) mass is 308 g/mol. The second-order valence-electron chi connectivity index (χ2n) is 5.05. The molecule has 1 aliphatic carbocycles. The number of benzene rings is 1. The molecule has 3 atom stereocenters. The van der Waals surface area contributed by atoms with E-state index in [9.17, 15) is 25.1 Å². The molecule has 3 rings (SSSR count). The Morgan fingerprint density at radius 3 is 2.81 bits per heavy atom. The van der Waals surface area contributed by atoms with Crippen molar-refractivity contribution in [3.8, 4) is 5.75 Å². The topological polar surface area (TPSA) is 118 Å². The Morgan fingerprint density at radius 1 is 1.48 bits per heavy atom. The summed E-state index contributed by atoms with van der Waals surface area (Å²) in [6.07, 6.45) is 3.87.